The van der Waals surface area contributed by atoms with E-state index in [4.69, 9.17) is 9.84 Å². The Balaban J connectivity index is 1.38. The summed E-state index contributed by atoms with van der Waals surface area (Å²) in [6.45, 7) is 1.68. The largest absolute Gasteiger partial charge is 0.489 e. The number of aliphatic hydroxyl groups excluding tert-OH is 1. The van der Waals surface area contributed by atoms with E-state index in [9.17, 15) is 13.6 Å². The molecular weight excluding hydrogens is 388 g/mol. The molecule has 4 nitrogen and oxygen atoms in total. The van der Waals surface area contributed by atoms with E-state index in [0.29, 0.717) is 18.3 Å². The lowest BCUT2D eigenvalue weighted by Gasteiger charge is -2.56. The highest BCUT2D eigenvalue weighted by atomic mass is 19.1. The fourth-order valence-electron chi connectivity index (χ4n) is 5.45. The third kappa shape index (κ3) is 3.64. The van der Waals surface area contributed by atoms with E-state index in [1.807, 2.05) is 19.1 Å². The molecule has 5 rings (SSSR count). The summed E-state index contributed by atoms with van der Waals surface area (Å²) >= 11 is 0. The van der Waals surface area contributed by atoms with Crippen LogP contribution in [0.2, 0.25) is 0 Å². The van der Waals surface area contributed by atoms with Gasteiger partial charge in [-0.05, 0) is 73.6 Å². The van der Waals surface area contributed by atoms with Crippen molar-refractivity contribution >= 4 is 5.91 Å². The summed E-state index contributed by atoms with van der Waals surface area (Å²) in [7, 11) is 0. The number of ether oxygens (including phenoxy) is 1. The molecule has 164 valence electrons. The van der Waals surface area contributed by atoms with Crippen molar-refractivity contribution in [1.29, 1.82) is 0 Å². The summed E-state index contributed by atoms with van der Waals surface area (Å²) in [4.78, 5) is 14.6. The Bertz CT molecular complexity index is 790. The summed E-state index contributed by atoms with van der Waals surface area (Å²) in [6.07, 6.45) is 6.61. The molecule has 0 unspecified atom stereocenters. The fraction of sp³-hybridized carbons (Fsp3) is 0.625. The van der Waals surface area contributed by atoms with Gasteiger partial charge in [-0.2, -0.15) is 0 Å². The Morgan fingerprint density at radius 3 is 2.23 bits per heavy atom. The number of alkyl halides is 1. The molecule has 3 aliphatic carbocycles. The summed E-state index contributed by atoms with van der Waals surface area (Å²) < 4.78 is 32.4. The third-order valence-electron chi connectivity index (χ3n) is 7.72. The Morgan fingerprint density at radius 1 is 1.13 bits per heavy atom. The average molecular weight is 420 g/mol. The lowest BCUT2D eigenvalue weighted by atomic mass is 9.51. The number of likely N-dealkylation sites (tertiary alicyclic amines) is 1. The number of nitrogens with zero attached hydrogens (tertiary/aromatic N) is 1. The van der Waals surface area contributed by atoms with Crippen molar-refractivity contribution in [2.45, 2.75) is 63.0 Å². The Kier molecular flexibility index (Phi) is 5.64. The number of rotatable bonds is 7. The summed E-state index contributed by atoms with van der Waals surface area (Å²) in [5, 5.41) is 9.11. The van der Waals surface area contributed by atoms with Crippen LogP contribution in [-0.2, 0) is 10.2 Å². The number of hydrogen-bond donors (Lipinski definition) is 1. The molecule has 0 spiro atoms. The molecule has 4 fully saturated rings. The minimum Gasteiger partial charge on any atom is -0.489 e. The van der Waals surface area contributed by atoms with Gasteiger partial charge < -0.3 is 14.7 Å². The standard InChI is InChI=1S/C24H31F2NO3/c1-2-18(13-25)14-30-20-5-3-19(4-6-20)22-7-10-23(11-8-22,12-9-22)21(29)27-15-24(26,16-27)17-28/h3-6,13,28H,2,7-12,14-17H2,1H3/b18-13+. The van der Waals surface area contributed by atoms with Gasteiger partial charge in [0.25, 0.3) is 0 Å². The van der Waals surface area contributed by atoms with Gasteiger partial charge in [-0.3, -0.25) is 4.79 Å². The zero-order valence-electron chi connectivity index (χ0n) is 17.6. The maximum absolute atomic E-state index is 14.0. The number of aliphatic hydroxyl groups is 1. The number of fused-ring (bicyclic) bond motifs is 3. The van der Waals surface area contributed by atoms with Crippen molar-refractivity contribution in [3.63, 3.8) is 0 Å². The van der Waals surface area contributed by atoms with E-state index >= 15 is 0 Å². The van der Waals surface area contributed by atoms with Crippen molar-refractivity contribution < 1.29 is 23.4 Å². The highest BCUT2D eigenvalue weighted by Gasteiger charge is 2.57. The lowest BCUT2D eigenvalue weighted by molar-refractivity contribution is -0.166. The zero-order chi connectivity index (χ0) is 21.4. The number of benzene rings is 1. The van der Waals surface area contributed by atoms with Gasteiger partial charge in [0.2, 0.25) is 5.91 Å². The van der Waals surface area contributed by atoms with Crippen LogP contribution in [0.15, 0.2) is 36.2 Å². The van der Waals surface area contributed by atoms with Crippen molar-refractivity contribution in [1.82, 2.24) is 4.90 Å². The van der Waals surface area contributed by atoms with Gasteiger partial charge in [0.05, 0.1) is 26.0 Å². The molecule has 30 heavy (non-hydrogen) atoms. The monoisotopic (exact) mass is 419 g/mol. The van der Waals surface area contributed by atoms with Crippen LogP contribution in [0.25, 0.3) is 0 Å². The first-order valence-electron chi connectivity index (χ1n) is 11.0. The van der Waals surface area contributed by atoms with E-state index in [-0.39, 0.29) is 36.4 Å². The molecular formula is C24H31F2NO3. The first-order valence-corrected chi connectivity index (χ1v) is 11.0. The van der Waals surface area contributed by atoms with Gasteiger partial charge in [0.1, 0.15) is 12.4 Å². The van der Waals surface area contributed by atoms with Gasteiger partial charge in [-0.15, -0.1) is 0 Å². The summed E-state index contributed by atoms with van der Waals surface area (Å²) in [5.74, 6) is 0.810. The van der Waals surface area contributed by atoms with Crippen molar-refractivity contribution in [3.8, 4) is 5.75 Å². The first-order chi connectivity index (χ1) is 14.4. The van der Waals surface area contributed by atoms with Gasteiger partial charge in [-0.1, -0.05) is 19.1 Å². The molecule has 2 bridgehead atoms. The molecule has 1 N–H and O–H groups in total. The van der Waals surface area contributed by atoms with Crippen LogP contribution in [0.4, 0.5) is 8.78 Å². The number of carbonyl (C=O) groups is 1. The van der Waals surface area contributed by atoms with Crippen LogP contribution in [0.1, 0.15) is 57.4 Å². The number of halogens is 2. The fourth-order valence-corrected chi connectivity index (χ4v) is 5.45. The molecule has 1 saturated heterocycles. The topological polar surface area (TPSA) is 49.8 Å². The normalized spacial score (nSPS) is 30.1. The molecule has 1 aliphatic heterocycles. The number of amides is 1. The molecule has 1 aromatic rings. The minimum absolute atomic E-state index is 0.0219. The van der Waals surface area contributed by atoms with E-state index in [1.165, 1.54) is 5.56 Å². The Morgan fingerprint density at radius 2 is 1.73 bits per heavy atom. The van der Waals surface area contributed by atoms with Crippen LogP contribution < -0.4 is 4.74 Å². The second-order valence-electron chi connectivity index (χ2n) is 9.46. The third-order valence-corrected chi connectivity index (χ3v) is 7.72. The molecule has 0 radical (unpaired) electrons. The highest BCUT2D eigenvalue weighted by Crippen LogP contribution is 2.58. The van der Waals surface area contributed by atoms with Crippen LogP contribution in [-0.4, -0.2) is 47.9 Å². The van der Waals surface area contributed by atoms with Crippen molar-refractivity contribution in [3.05, 3.63) is 41.7 Å². The molecule has 3 saturated carbocycles. The summed E-state index contributed by atoms with van der Waals surface area (Å²) in [6, 6.07) is 8.11. The molecule has 1 aromatic carbocycles. The molecule has 0 aromatic heterocycles. The molecule has 6 heteroatoms. The molecule has 1 amide bonds. The van der Waals surface area contributed by atoms with Crippen molar-refractivity contribution in [2.24, 2.45) is 5.41 Å². The van der Waals surface area contributed by atoms with Gasteiger partial charge in [0.15, 0.2) is 5.67 Å². The minimum atomic E-state index is -1.61. The highest BCUT2D eigenvalue weighted by molar-refractivity contribution is 5.84. The second kappa shape index (κ2) is 7.95. The van der Waals surface area contributed by atoms with Crippen molar-refractivity contribution in [2.75, 3.05) is 26.3 Å². The second-order valence-corrected chi connectivity index (χ2v) is 9.46. The van der Waals surface area contributed by atoms with Gasteiger partial charge >= 0.3 is 0 Å². The number of carbonyl (C=O) groups excluding carboxylic acids is 1. The van der Waals surface area contributed by atoms with Gasteiger partial charge in [-0.25, -0.2) is 8.78 Å². The van der Waals surface area contributed by atoms with Crippen LogP contribution in [0.3, 0.4) is 0 Å². The quantitative estimate of drug-likeness (QED) is 0.710. The predicted molar refractivity (Wildman–Crippen MR) is 111 cm³/mol. The molecule has 1 heterocycles. The Hall–Kier alpha value is -1.95. The van der Waals surface area contributed by atoms with Crippen LogP contribution in [0, 0.1) is 5.41 Å². The van der Waals surface area contributed by atoms with E-state index in [0.717, 1.165) is 44.3 Å². The SMILES string of the molecule is CC/C(=C\F)COc1ccc(C23CCC(C(=O)N4CC(F)(CO)C4)(CC2)CC3)cc1. The number of hydrogen-bond acceptors (Lipinski definition) is 3. The molecule has 0 atom stereocenters. The average Bonchev–Trinajstić information content (AvgIpc) is 2.78. The van der Waals surface area contributed by atoms with E-state index in [1.54, 1.807) is 4.90 Å². The van der Waals surface area contributed by atoms with Crippen LogP contribution >= 0.6 is 0 Å². The van der Waals surface area contributed by atoms with Gasteiger partial charge in [0, 0.05) is 5.41 Å². The maximum Gasteiger partial charge on any atom is 0.229 e. The zero-order valence-corrected chi connectivity index (χ0v) is 17.6. The smallest absolute Gasteiger partial charge is 0.229 e. The van der Waals surface area contributed by atoms with E-state index < -0.39 is 12.3 Å². The Labute approximate surface area is 176 Å². The predicted octanol–water partition coefficient (Wildman–Crippen LogP) is 4.46. The van der Waals surface area contributed by atoms with E-state index in [2.05, 4.69) is 12.1 Å². The molecule has 4 aliphatic rings. The lowest BCUT2D eigenvalue weighted by Crippen LogP contribution is -2.66. The summed E-state index contributed by atoms with van der Waals surface area (Å²) in [5.41, 5.74) is 0.0410. The van der Waals surface area contributed by atoms with Crippen LogP contribution in [0.5, 0.6) is 5.75 Å². The first kappa shape index (κ1) is 21.3. The maximum atomic E-state index is 14.0.